The molecule has 0 aliphatic rings. The summed E-state index contributed by atoms with van der Waals surface area (Å²) in [6, 6.07) is 60.3. The molecule has 9 rings (SSSR count). The maximum absolute atomic E-state index is 6.41. The van der Waals surface area contributed by atoms with Crippen LogP contribution in [0.1, 0.15) is 0 Å². The quantitative estimate of drug-likeness (QED) is 0.184. The molecule has 0 spiro atoms. The van der Waals surface area contributed by atoms with Crippen molar-refractivity contribution in [1.29, 1.82) is 0 Å². The van der Waals surface area contributed by atoms with Gasteiger partial charge in [-0.3, -0.25) is 0 Å². The molecule has 0 aliphatic heterocycles. The minimum Gasteiger partial charge on any atom is -0.455 e. The van der Waals surface area contributed by atoms with Gasteiger partial charge in [0.2, 0.25) is 0 Å². The molecule has 0 radical (unpaired) electrons. The topological polar surface area (TPSA) is 51.8 Å². The van der Waals surface area contributed by atoms with Crippen LogP contribution in [0.25, 0.3) is 89.5 Å². The molecule has 49 heavy (non-hydrogen) atoms. The van der Waals surface area contributed by atoms with Crippen molar-refractivity contribution >= 4 is 21.9 Å². The van der Waals surface area contributed by atoms with E-state index in [1.807, 2.05) is 42.5 Å². The highest BCUT2D eigenvalue weighted by Crippen LogP contribution is 2.38. The maximum Gasteiger partial charge on any atom is 0.164 e. The highest BCUT2D eigenvalue weighted by Gasteiger charge is 2.19. The summed E-state index contributed by atoms with van der Waals surface area (Å²) < 4.78 is 6.41. The normalized spacial score (nSPS) is 11.3. The minimum absolute atomic E-state index is 0.601. The van der Waals surface area contributed by atoms with Gasteiger partial charge in [0.05, 0.1) is 0 Å². The lowest BCUT2D eigenvalue weighted by Gasteiger charge is -2.14. The third-order valence-corrected chi connectivity index (χ3v) is 8.98. The summed E-state index contributed by atoms with van der Waals surface area (Å²) in [5, 5.41) is 2.20. The Morgan fingerprint density at radius 2 is 0.755 bits per heavy atom. The summed E-state index contributed by atoms with van der Waals surface area (Å²) in [6.07, 6.45) is 0. The van der Waals surface area contributed by atoms with Gasteiger partial charge in [-0.25, -0.2) is 15.0 Å². The number of aromatic nitrogens is 3. The molecule has 7 aromatic carbocycles. The number of hydrogen-bond donors (Lipinski definition) is 0. The Labute approximate surface area is 284 Å². The lowest BCUT2D eigenvalue weighted by atomic mass is 9.97. The molecule has 0 saturated heterocycles. The van der Waals surface area contributed by atoms with Crippen molar-refractivity contribution in [2.75, 3.05) is 0 Å². The third-order valence-electron chi connectivity index (χ3n) is 8.98. The smallest absolute Gasteiger partial charge is 0.164 e. The number of benzene rings is 7. The van der Waals surface area contributed by atoms with E-state index in [-0.39, 0.29) is 0 Å². The number of furan rings is 1. The van der Waals surface area contributed by atoms with Crippen molar-refractivity contribution in [3.63, 3.8) is 0 Å². The molecular formula is C45H29N3O. The molecule has 230 valence electrons. The zero-order valence-electron chi connectivity index (χ0n) is 26.5. The summed E-state index contributed by atoms with van der Waals surface area (Å²) >= 11 is 0. The van der Waals surface area contributed by atoms with Gasteiger partial charge in [0, 0.05) is 33.0 Å². The van der Waals surface area contributed by atoms with Crippen LogP contribution in [0.15, 0.2) is 180 Å². The van der Waals surface area contributed by atoms with Crippen LogP contribution in [-0.4, -0.2) is 15.0 Å². The van der Waals surface area contributed by atoms with E-state index in [4.69, 9.17) is 19.4 Å². The Morgan fingerprint density at radius 3 is 1.41 bits per heavy atom. The van der Waals surface area contributed by atoms with Crippen molar-refractivity contribution in [3.8, 4) is 67.5 Å². The first kappa shape index (κ1) is 28.6. The molecule has 2 heterocycles. The third kappa shape index (κ3) is 5.26. The monoisotopic (exact) mass is 627 g/mol. The van der Waals surface area contributed by atoms with E-state index in [1.54, 1.807) is 0 Å². The highest BCUT2D eigenvalue weighted by molar-refractivity contribution is 6.09. The molecule has 4 nitrogen and oxygen atoms in total. The molecule has 2 aromatic heterocycles. The lowest BCUT2D eigenvalue weighted by molar-refractivity contribution is 0.670. The van der Waals surface area contributed by atoms with E-state index < -0.39 is 0 Å². The standard InChI is InChI=1S/C45H29N3O/c1-3-15-30(16-4-1)34-21-7-9-24-39(34)44-46-43(47-45(48-44)40-25-10-8-22-35(40)31-17-5-2-6-18-31)33-20-13-19-32(29-33)36-26-14-27-38-37-23-11-12-28-41(37)49-42(36)38/h1-29H. The SMILES string of the molecule is c1ccc(-c2ccccc2-c2nc(-c3cccc(-c4cccc5c4oc4ccccc45)c3)nc(-c3ccccc3-c3ccccc3)n2)cc1. The van der Waals surface area contributed by atoms with Gasteiger partial charge in [0.15, 0.2) is 17.5 Å². The first-order valence-corrected chi connectivity index (χ1v) is 16.4. The second-order valence-corrected chi connectivity index (χ2v) is 12.0. The first-order valence-electron chi connectivity index (χ1n) is 16.4. The molecule has 0 bridgehead atoms. The van der Waals surface area contributed by atoms with Crippen LogP contribution in [0, 0.1) is 0 Å². The molecule has 4 heteroatoms. The van der Waals surface area contributed by atoms with E-state index in [9.17, 15) is 0 Å². The fourth-order valence-corrected chi connectivity index (χ4v) is 6.64. The van der Waals surface area contributed by atoms with Gasteiger partial charge >= 0.3 is 0 Å². The minimum atomic E-state index is 0.601. The largest absolute Gasteiger partial charge is 0.455 e. The molecule has 0 fully saturated rings. The zero-order chi connectivity index (χ0) is 32.6. The Kier molecular flexibility index (Phi) is 7.10. The lowest BCUT2D eigenvalue weighted by Crippen LogP contribution is -2.02. The van der Waals surface area contributed by atoms with Crippen molar-refractivity contribution in [2.45, 2.75) is 0 Å². The second kappa shape index (κ2) is 12.2. The van der Waals surface area contributed by atoms with E-state index in [0.717, 1.165) is 72.0 Å². The van der Waals surface area contributed by atoms with Crippen LogP contribution in [0.3, 0.4) is 0 Å². The van der Waals surface area contributed by atoms with Gasteiger partial charge in [-0.05, 0) is 39.9 Å². The number of rotatable bonds is 6. The molecule has 0 atom stereocenters. The molecule has 9 aromatic rings. The van der Waals surface area contributed by atoms with E-state index >= 15 is 0 Å². The number of nitrogens with zero attached hydrogens (tertiary/aromatic N) is 3. The van der Waals surface area contributed by atoms with E-state index in [0.29, 0.717) is 17.5 Å². The van der Waals surface area contributed by atoms with Crippen LogP contribution in [0.4, 0.5) is 0 Å². The molecular weight excluding hydrogens is 599 g/mol. The van der Waals surface area contributed by atoms with Crippen LogP contribution < -0.4 is 0 Å². The summed E-state index contributed by atoms with van der Waals surface area (Å²) in [4.78, 5) is 15.5. The highest BCUT2D eigenvalue weighted by atomic mass is 16.3. The van der Waals surface area contributed by atoms with Gasteiger partial charge in [-0.15, -0.1) is 0 Å². The van der Waals surface area contributed by atoms with Crippen LogP contribution in [0.5, 0.6) is 0 Å². The summed E-state index contributed by atoms with van der Waals surface area (Å²) in [5.74, 6) is 1.84. The fourth-order valence-electron chi connectivity index (χ4n) is 6.64. The van der Waals surface area contributed by atoms with Crippen molar-refractivity contribution in [1.82, 2.24) is 15.0 Å². The number of hydrogen-bond acceptors (Lipinski definition) is 4. The molecule has 0 N–H and O–H groups in total. The summed E-state index contributed by atoms with van der Waals surface area (Å²) in [5.41, 5.74) is 10.9. The van der Waals surface area contributed by atoms with Crippen molar-refractivity contribution < 1.29 is 4.42 Å². The second-order valence-electron chi connectivity index (χ2n) is 12.0. The Bertz CT molecular complexity index is 2510. The van der Waals surface area contributed by atoms with E-state index in [1.165, 1.54) is 0 Å². The molecule has 0 aliphatic carbocycles. The molecule has 0 amide bonds. The van der Waals surface area contributed by atoms with Gasteiger partial charge in [0.1, 0.15) is 11.2 Å². The molecule has 0 unspecified atom stereocenters. The molecule has 0 saturated carbocycles. The predicted octanol–water partition coefficient (Wildman–Crippen LogP) is 11.8. The summed E-state index contributed by atoms with van der Waals surface area (Å²) in [7, 11) is 0. The average Bonchev–Trinajstić information content (AvgIpc) is 3.57. The van der Waals surface area contributed by atoms with Crippen LogP contribution in [-0.2, 0) is 0 Å². The van der Waals surface area contributed by atoms with Crippen LogP contribution >= 0.6 is 0 Å². The Morgan fingerprint density at radius 1 is 0.306 bits per heavy atom. The number of fused-ring (bicyclic) bond motifs is 3. The number of para-hydroxylation sites is 2. The van der Waals surface area contributed by atoms with E-state index in [2.05, 4.69) is 133 Å². The zero-order valence-corrected chi connectivity index (χ0v) is 26.5. The van der Waals surface area contributed by atoms with Gasteiger partial charge in [-0.1, -0.05) is 164 Å². The first-order chi connectivity index (χ1) is 24.3. The van der Waals surface area contributed by atoms with Crippen LogP contribution in [0.2, 0.25) is 0 Å². The van der Waals surface area contributed by atoms with Gasteiger partial charge in [-0.2, -0.15) is 0 Å². The van der Waals surface area contributed by atoms with Crippen molar-refractivity contribution in [3.05, 3.63) is 176 Å². The summed E-state index contributed by atoms with van der Waals surface area (Å²) in [6.45, 7) is 0. The Hall–Kier alpha value is -6.65. The van der Waals surface area contributed by atoms with Gasteiger partial charge < -0.3 is 4.42 Å². The predicted molar refractivity (Wildman–Crippen MR) is 200 cm³/mol. The Balaban J connectivity index is 1.25. The van der Waals surface area contributed by atoms with Gasteiger partial charge in [0.25, 0.3) is 0 Å². The maximum atomic E-state index is 6.41. The van der Waals surface area contributed by atoms with Crippen molar-refractivity contribution in [2.24, 2.45) is 0 Å². The average molecular weight is 628 g/mol. The fraction of sp³-hybridized carbons (Fsp3) is 0.